The Labute approximate surface area is 151 Å². The van der Waals surface area contributed by atoms with Gasteiger partial charge in [0.1, 0.15) is 17.6 Å². The maximum Gasteiger partial charge on any atom is 0.242 e. The van der Waals surface area contributed by atoms with Gasteiger partial charge in [-0.3, -0.25) is 19.2 Å². The highest BCUT2D eigenvalue weighted by Gasteiger charge is 2.19. The summed E-state index contributed by atoms with van der Waals surface area (Å²) < 4.78 is 0. The Morgan fingerprint density at radius 2 is 1.36 bits per heavy atom. The third-order valence-electron chi connectivity index (χ3n) is 4.14. The van der Waals surface area contributed by atoms with E-state index in [0.29, 0.717) is 51.5 Å². The van der Waals surface area contributed by atoms with E-state index in [4.69, 9.17) is 0 Å². The summed E-state index contributed by atoms with van der Waals surface area (Å²) in [4.78, 5) is 46.4. The molecule has 0 aliphatic heterocycles. The molecule has 0 fully saturated rings. The van der Waals surface area contributed by atoms with Crippen LogP contribution in [0.15, 0.2) is 0 Å². The first kappa shape index (κ1) is 23.3. The van der Waals surface area contributed by atoms with Gasteiger partial charge in [0.2, 0.25) is 11.8 Å². The lowest BCUT2D eigenvalue weighted by Crippen LogP contribution is -2.46. The zero-order chi connectivity index (χ0) is 19.1. The summed E-state index contributed by atoms with van der Waals surface area (Å²) in [6.07, 6.45) is 6.12. The van der Waals surface area contributed by atoms with Crippen molar-refractivity contribution in [3.05, 3.63) is 0 Å². The summed E-state index contributed by atoms with van der Waals surface area (Å²) in [6.45, 7) is 5.87. The van der Waals surface area contributed by atoms with Crippen LogP contribution in [-0.2, 0) is 19.2 Å². The van der Waals surface area contributed by atoms with Crippen molar-refractivity contribution in [2.45, 2.75) is 91.0 Å². The highest BCUT2D eigenvalue weighted by molar-refractivity contribution is 5.87. The van der Waals surface area contributed by atoms with Gasteiger partial charge in [-0.2, -0.15) is 0 Å². The van der Waals surface area contributed by atoms with E-state index in [0.717, 1.165) is 19.3 Å². The lowest BCUT2D eigenvalue weighted by molar-refractivity contribution is -0.129. The summed E-state index contributed by atoms with van der Waals surface area (Å²) in [5.74, 6) is 0.0970. The molecule has 0 rings (SSSR count). The molecule has 25 heavy (non-hydrogen) atoms. The molecule has 0 bridgehead atoms. The highest BCUT2D eigenvalue weighted by atomic mass is 16.2. The fourth-order valence-electron chi connectivity index (χ4n) is 2.39. The summed E-state index contributed by atoms with van der Waals surface area (Å²) in [5, 5.41) is 5.55. The Bertz CT molecular complexity index is 435. The molecule has 0 heterocycles. The average molecular weight is 354 g/mol. The molecular formula is C19H34N2O4. The number of amides is 2. The molecular weight excluding hydrogens is 320 g/mol. The van der Waals surface area contributed by atoms with Crippen molar-refractivity contribution in [2.75, 3.05) is 6.54 Å². The zero-order valence-electron chi connectivity index (χ0n) is 16.0. The number of nitrogens with one attached hydrogen (secondary N) is 2. The Morgan fingerprint density at radius 3 is 1.92 bits per heavy atom. The summed E-state index contributed by atoms with van der Waals surface area (Å²) in [7, 11) is 0. The molecule has 1 atom stereocenters. The predicted molar refractivity (Wildman–Crippen MR) is 98.1 cm³/mol. The van der Waals surface area contributed by atoms with Crippen molar-refractivity contribution >= 4 is 23.4 Å². The maximum absolute atomic E-state index is 12.3. The molecule has 0 aromatic rings. The van der Waals surface area contributed by atoms with E-state index in [1.54, 1.807) is 6.92 Å². The third kappa shape index (κ3) is 12.3. The molecule has 0 radical (unpaired) electrons. The topological polar surface area (TPSA) is 92.3 Å². The van der Waals surface area contributed by atoms with Crippen LogP contribution in [-0.4, -0.2) is 36.0 Å². The van der Waals surface area contributed by atoms with Gasteiger partial charge in [-0.15, -0.1) is 0 Å². The van der Waals surface area contributed by atoms with Crippen LogP contribution in [0.3, 0.4) is 0 Å². The van der Waals surface area contributed by atoms with E-state index < -0.39 is 6.04 Å². The van der Waals surface area contributed by atoms with Crippen molar-refractivity contribution in [3.63, 3.8) is 0 Å². The van der Waals surface area contributed by atoms with E-state index in [-0.39, 0.29) is 23.4 Å². The number of hydrogen-bond donors (Lipinski definition) is 2. The fourth-order valence-corrected chi connectivity index (χ4v) is 2.39. The Morgan fingerprint density at radius 1 is 0.760 bits per heavy atom. The number of carbonyl (C=O) groups excluding carboxylic acids is 4. The van der Waals surface area contributed by atoms with Crippen LogP contribution in [0.5, 0.6) is 0 Å². The van der Waals surface area contributed by atoms with Crippen LogP contribution in [0.4, 0.5) is 0 Å². The monoisotopic (exact) mass is 354 g/mol. The van der Waals surface area contributed by atoms with Crippen LogP contribution < -0.4 is 10.6 Å². The molecule has 2 N–H and O–H groups in total. The molecule has 0 spiro atoms. The fraction of sp³-hybridized carbons (Fsp3) is 0.789. The molecule has 0 saturated carbocycles. The normalized spacial score (nSPS) is 11.6. The van der Waals surface area contributed by atoms with Gasteiger partial charge in [-0.1, -0.05) is 33.6 Å². The number of hydrogen-bond acceptors (Lipinski definition) is 4. The zero-order valence-corrected chi connectivity index (χ0v) is 16.0. The van der Waals surface area contributed by atoms with Crippen LogP contribution in [0, 0.1) is 0 Å². The van der Waals surface area contributed by atoms with Crippen molar-refractivity contribution in [1.29, 1.82) is 0 Å². The lowest BCUT2D eigenvalue weighted by atomic mass is 10.0. The van der Waals surface area contributed by atoms with Gasteiger partial charge in [-0.05, 0) is 19.3 Å². The van der Waals surface area contributed by atoms with E-state index in [1.165, 1.54) is 0 Å². The molecule has 6 heteroatoms. The molecule has 1 unspecified atom stereocenters. The predicted octanol–water partition coefficient (Wildman–Crippen LogP) is 2.69. The third-order valence-corrected chi connectivity index (χ3v) is 4.14. The van der Waals surface area contributed by atoms with Gasteiger partial charge in [0.05, 0.1) is 0 Å². The largest absolute Gasteiger partial charge is 0.354 e. The van der Waals surface area contributed by atoms with Crippen LogP contribution in [0.2, 0.25) is 0 Å². The van der Waals surface area contributed by atoms with Crippen LogP contribution >= 0.6 is 0 Å². The Hall–Kier alpha value is -1.72. The first-order chi connectivity index (χ1) is 11.9. The smallest absolute Gasteiger partial charge is 0.242 e. The van der Waals surface area contributed by atoms with Gasteiger partial charge in [0.15, 0.2) is 0 Å². The Balaban J connectivity index is 4.22. The van der Waals surface area contributed by atoms with Crippen molar-refractivity contribution in [1.82, 2.24) is 10.6 Å². The average Bonchev–Trinajstić information content (AvgIpc) is 2.62. The molecule has 0 saturated heterocycles. The maximum atomic E-state index is 12.3. The van der Waals surface area contributed by atoms with Gasteiger partial charge in [0, 0.05) is 38.6 Å². The molecule has 6 nitrogen and oxygen atoms in total. The summed E-state index contributed by atoms with van der Waals surface area (Å²) in [5.41, 5.74) is 0. The SMILES string of the molecule is CCC(=O)CCCCCC(NC(=O)CC)C(=O)NCCCC(=O)CC. The van der Waals surface area contributed by atoms with E-state index >= 15 is 0 Å². The minimum Gasteiger partial charge on any atom is -0.354 e. The van der Waals surface area contributed by atoms with Gasteiger partial charge in [0.25, 0.3) is 0 Å². The standard InChI is InChI=1S/C19H34N2O4/c1-4-15(22)11-8-7-9-13-17(21-18(24)6-3)19(25)20-14-10-12-16(23)5-2/h17H,4-14H2,1-3H3,(H,20,25)(H,21,24). The number of ketones is 2. The highest BCUT2D eigenvalue weighted by Crippen LogP contribution is 2.08. The second-order valence-corrected chi connectivity index (χ2v) is 6.25. The second-order valence-electron chi connectivity index (χ2n) is 6.25. The van der Waals surface area contributed by atoms with Crippen molar-refractivity contribution in [2.24, 2.45) is 0 Å². The first-order valence-corrected chi connectivity index (χ1v) is 9.54. The van der Waals surface area contributed by atoms with Crippen LogP contribution in [0.25, 0.3) is 0 Å². The number of Topliss-reactive ketones (excluding diaryl/α,β-unsaturated/α-hetero) is 2. The second kappa shape index (κ2) is 14.6. The molecule has 0 aromatic heterocycles. The number of carbonyl (C=O) groups is 4. The quantitative estimate of drug-likeness (QED) is 0.442. The Kier molecular flexibility index (Phi) is 13.6. The van der Waals surface area contributed by atoms with Crippen molar-refractivity contribution in [3.8, 4) is 0 Å². The van der Waals surface area contributed by atoms with E-state index in [1.807, 2.05) is 13.8 Å². The number of rotatable bonds is 15. The minimum atomic E-state index is -0.545. The van der Waals surface area contributed by atoms with Gasteiger partial charge >= 0.3 is 0 Å². The minimum absolute atomic E-state index is 0.150. The van der Waals surface area contributed by atoms with E-state index in [2.05, 4.69) is 10.6 Å². The lowest BCUT2D eigenvalue weighted by Gasteiger charge is -2.18. The molecule has 0 aliphatic rings. The van der Waals surface area contributed by atoms with E-state index in [9.17, 15) is 19.2 Å². The van der Waals surface area contributed by atoms with Gasteiger partial charge in [-0.25, -0.2) is 0 Å². The summed E-state index contributed by atoms with van der Waals surface area (Å²) >= 11 is 0. The summed E-state index contributed by atoms with van der Waals surface area (Å²) in [6, 6.07) is -0.545. The molecule has 144 valence electrons. The number of unbranched alkanes of at least 4 members (excludes halogenated alkanes) is 2. The molecule has 0 aromatic carbocycles. The molecule has 2 amide bonds. The van der Waals surface area contributed by atoms with Crippen molar-refractivity contribution < 1.29 is 19.2 Å². The van der Waals surface area contributed by atoms with Gasteiger partial charge < -0.3 is 10.6 Å². The van der Waals surface area contributed by atoms with Crippen LogP contribution in [0.1, 0.15) is 85.0 Å². The first-order valence-electron chi connectivity index (χ1n) is 9.54. The molecule has 0 aliphatic carbocycles.